The van der Waals surface area contributed by atoms with Gasteiger partial charge < -0.3 is 0 Å². The Balaban J connectivity index is 2.33. The molecule has 3 N–H and O–H groups in total. The molecule has 0 saturated heterocycles. The van der Waals surface area contributed by atoms with E-state index in [9.17, 15) is 4.39 Å². The lowest BCUT2D eigenvalue weighted by molar-refractivity contribution is 0.615. The summed E-state index contributed by atoms with van der Waals surface area (Å²) in [6, 6.07) is 12.6. The number of rotatable bonds is 4. The van der Waals surface area contributed by atoms with E-state index in [0.717, 1.165) is 11.1 Å². The van der Waals surface area contributed by atoms with Gasteiger partial charge in [-0.15, -0.1) is 0 Å². The van der Waals surface area contributed by atoms with Crippen LogP contribution in [0.2, 0.25) is 5.02 Å². The van der Waals surface area contributed by atoms with Crippen LogP contribution in [0.5, 0.6) is 0 Å². The minimum atomic E-state index is -0.429. The highest BCUT2D eigenvalue weighted by Gasteiger charge is 2.14. The molecular weight excluding hydrogens is 275 g/mol. The molecule has 0 aliphatic rings. The van der Waals surface area contributed by atoms with Crippen LogP contribution in [0, 0.1) is 5.82 Å². The standard InChI is InChI=1S/C16H18ClFN2/c1-10(2)11-3-5-12(6-4-11)16(20-19)13-7-8-15(18)14(17)9-13/h3-10,16,20H,19H2,1-2H3. The van der Waals surface area contributed by atoms with Gasteiger partial charge in [-0.25, -0.2) is 9.82 Å². The van der Waals surface area contributed by atoms with Crippen molar-refractivity contribution in [1.82, 2.24) is 5.43 Å². The summed E-state index contributed by atoms with van der Waals surface area (Å²) in [6.07, 6.45) is 0. The first kappa shape index (κ1) is 15.0. The maximum atomic E-state index is 13.2. The molecule has 0 fully saturated rings. The van der Waals surface area contributed by atoms with Gasteiger partial charge in [-0.2, -0.15) is 0 Å². The summed E-state index contributed by atoms with van der Waals surface area (Å²) in [6.45, 7) is 4.29. The lowest BCUT2D eigenvalue weighted by atomic mass is 9.95. The van der Waals surface area contributed by atoms with E-state index in [1.165, 1.54) is 11.6 Å². The molecule has 106 valence electrons. The average Bonchev–Trinajstić information content (AvgIpc) is 2.44. The van der Waals surface area contributed by atoms with E-state index in [1.54, 1.807) is 12.1 Å². The third-order valence-corrected chi connectivity index (χ3v) is 3.67. The molecule has 0 saturated carbocycles. The van der Waals surface area contributed by atoms with Crippen molar-refractivity contribution >= 4 is 11.6 Å². The molecule has 0 aromatic heterocycles. The quantitative estimate of drug-likeness (QED) is 0.656. The predicted molar refractivity (Wildman–Crippen MR) is 81.1 cm³/mol. The molecule has 2 rings (SSSR count). The van der Waals surface area contributed by atoms with Crippen LogP contribution in [0.25, 0.3) is 0 Å². The van der Waals surface area contributed by atoms with Gasteiger partial charge in [0.05, 0.1) is 11.1 Å². The first-order chi connectivity index (χ1) is 9.52. The van der Waals surface area contributed by atoms with Crippen LogP contribution < -0.4 is 11.3 Å². The summed E-state index contributed by atoms with van der Waals surface area (Å²) in [5.74, 6) is 5.69. The minimum Gasteiger partial charge on any atom is -0.271 e. The van der Waals surface area contributed by atoms with Gasteiger partial charge in [0.15, 0.2) is 0 Å². The Morgan fingerprint density at radius 1 is 1.00 bits per heavy atom. The fraction of sp³-hybridized carbons (Fsp3) is 0.250. The van der Waals surface area contributed by atoms with Crippen molar-refractivity contribution in [1.29, 1.82) is 0 Å². The molecule has 0 amide bonds. The second kappa shape index (κ2) is 6.35. The second-order valence-corrected chi connectivity index (χ2v) is 5.50. The number of halogens is 2. The molecule has 2 aromatic carbocycles. The van der Waals surface area contributed by atoms with Crippen LogP contribution in [0.15, 0.2) is 42.5 Å². The minimum absolute atomic E-state index is 0.0987. The molecule has 4 heteroatoms. The van der Waals surface area contributed by atoms with Gasteiger partial charge in [-0.3, -0.25) is 5.84 Å². The Hall–Kier alpha value is -1.42. The summed E-state index contributed by atoms with van der Waals surface area (Å²) in [5.41, 5.74) is 5.86. The van der Waals surface area contributed by atoms with Crippen molar-refractivity contribution in [2.75, 3.05) is 0 Å². The van der Waals surface area contributed by atoms with E-state index < -0.39 is 5.82 Å². The molecule has 1 atom stereocenters. The SMILES string of the molecule is CC(C)c1ccc(C(NN)c2ccc(F)c(Cl)c2)cc1. The van der Waals surface area contributed by atoms with Crippen molar-refractivity contribution < 1.29 is 4.39 Å². The van der Waals surface area contributed by atoms with Crippen molar-refractivity contribution in [2.24, 2.45) is 5.84 Å². The van der Waals surface area contributed by atoms with Gasteiger partial charge in [0.25, 0.3) is 0 Å². The first-order valence-electron chi connectivity index (χ1n) is 6.54. The summed E-state index contributed by atoms with van der Waals surface area (Å²) in [7, 11) is 0. The van der Waals surface area contributed by atoms with E-state index in [4.69, 9.17) is 17.4 Å². The zero-order valence-corrected chi connectivity index (χ0v) is 12.3. The highest BCUT2D eigenvalue weighted by atomic mass is 35.5. The normalized spacial score (nSPS) is 12.7. The molecule has 2 nitrogen and oxygen atoms in total. The zero-order chi connectivity index (χ0) is 14.7. The van der Waals surface area contributed by atoms with E-state index in [0.29, 0.717) is 5.92 Å². The average molecular weight is 293 g/mol. The Labute approximate surface area is 123 Å². The highest BCUT2D eigenvalue weighted by molar-refractivity contribution is 6.30. The molecule has 0 radical (unpaired) electrons. The second-order valence-electron chi connectivity index (χ2n) is 5.09. The molecule has 0 bridgehead atoms. The first-order valence-corrected chi connectivity index (χ1v) is 6.91. The third kappa shape index (κ3) is 3.18. The summed E-state index contributed by atoms with van der Waals surface area (Å²) >= 11 is 5.83. The molecule has 20 heavy (non-hydrogen) atoms. The lowest BCUT2D eigenvalue weighted by Crippen LogP contribution is -2.28. The van der Waals surface area contributed by atoms with Gasteiger partial charge in [0, 0.05) is 0 Å². The van der Waals surface area contributed by atoms with Crippen molar-refractivity contribution in [3.8, 4) is 0 Å². The largest absolute Gasteiger partial charge is 0.271 e. The van der Waals surface area contributed by atoms with Gasteiger partial charge in [-0.05, 0) is 34.7 Å². The van der Waals surface area contributed by atoms with Gasteiger partial charge in [0.2, 0.25) is 0 Å². The smallest absolute Gasteiger partial charge is 0.141 e. The topological polar surface area (TPSA) is 38.0 Å². The summed E-state index contributed by atoms with van der Waals surface area (Å²) in [5, 5.41) is 0.0987. The number of hydrogen-bond donors (Lipinski definition) is 2. The van der Waals surface area contributed by atoms with Gasteiger partial charge in [0.1, 0.15) is 5.82 Å². The molecule has 2 aromatic rings. The number of hydrogen-bond acceptors (Lipinski definition) is 2. The number of nitrogens with one attached hydrogen (secondary N) is 1. The van der Waals surface area contributed by atoms with Crippen LogP contribution in [-0.2, 0) is 0 Å². The zero-order valence-electron chi connectivity index (χ0n) is 11.5. The number of hydrazine groups is 1. The third-order valence-electron chi connectivity index (χ3n) is 3.38. The van der Waals surface area contributed by atoms with E-state index in [-0.39, 0.29) is 11.1 Å². The molecule has 0 heterocycles. The van der Waals surface area contributed by atoms with Gasteiger partial charge in [-0.1, -0.05) is 55.8 Å². The molecular formula is C16H18ClFN2. The van der Waals surface area contributed by atoms with E-state index in [2.05, 4.69) is 31.4 Å². The summed E-state index contributed by atoms with van der Waals surface area (Å²) in [4.78, 5) is 0. The fourth-order valence-corrected chi connectivity index (χ4v) is 2.34. The molecule has 0 spiro atoms. The lowest BCUT2D eigenvalue weighted by Gasteiger charge is -2.18. The van der Waals surface area contributed by atoms with Crippen LogP contribution in [-0.4, -0.2) is 0 Å². The molecule has 0 aliphatic carbocycles. The van der Waals surface area contributed by atoms with Crippen LogP contribution in [0.4, 0.5) is 4.39 Å². The monoisotopic (exact) mass is 292 g/mol. The number of nitrogens with two attached hydrogens (primary N) is 1. The maximum Gasteiger partial charge on any atom is 0.141 e. The van der Waals surface area contributed by atoms with Gasteiger partial charge >= 0.3 is 0 Å². The predicted octanol–water partition coefficient (Wildman–Crippen LogP) is 4.16. The van der Waals surface area contributed by atoms with Crippen molar-refractivity contribution in [3.63, 3.8) is 0 Å². The Kier molecular flexibility index (Phi) is 4.76. The number of benzene rings is 2. The van der Waals surface area contributed by atoms with Crippen molar-refractivity contribution in [3.05, 3.63) is 70.0 Å². The molecule has 0 aliphatic heterocycles. The van der Waals surface area contributed by atoms with E-state index in [1.807, 2.05) is 12.1 Å². The fourth-order valence-electron chi connectivity index (χ4n) is 2.15. The van der Waals surface area contributed by atoms with Crippen LogP contribution in [0.1, 0.15) is 42.5 Å². The van der Waals surface area contributed by atoms with Crippen LogP contribution in [0.3, 0.4) is 0 Å². The van der Waals surface area contributed by atoms with Crippen molar-refractivity contribution in [2.45, 2.75) is 25.8 Å². The van der Waals surface area contributed by atoms with Crippen LogP contribution >= 0.6 is 11.6 Å². The summed E-state index contributed by atoms with van der Waals surface area (Å²) < 4.78 is 13.2. The van der Waals surface area contributed by atoms with E-state index >= 15 is 0 Å². The Bertz CT molecular complexity index is 582. The maximum absolute atomic E-state index is 13.2. The molecule has 1 unspecified atom stereocenters. The highest BCUT2D eigenvalue weighted by Crippen LogP contribution is 2.26. The Morgan fingerprint density at radius 2 is 1.55 bits per heavy atom. The Morgan fingerprint density at radius 3 is 2.05 bits per heavy atom.